The molecule has 1 aromatic carbocycles. The second-order valence-electron chi connectivity index (χ2n) is 4.21. The van der Waals surface area contributed by atoms with Gasteiger partial charge in [-0.25, -0.2) is 0 Å². The molecule has 0 unspecified atom stereocenters. The van der Waals surface area contributed by atoms with Gasteiger partial charge < -0.3 is 10.5 Å². The molecule has 2 aromatic rings. The van der Waals surface area contributed by atoms with Crippen LogP contribution in [0.3, 0.4) is 0 Å². The van der Waals surface area contributed by atoms with Crippen LogP contribution in [0.15, 0.2) is 22.7 Å². The lowest BCUT2D eigenvalue weighted by Crippen LogP contribution is -2.06. The molecule has 0 saturated carbocycles. The maximum atomic E-state index is 6.18. The highest BCUT2D eigenvalue weighted by molar-refractivity contribution is 9.10. The van der Waals surface area contributed by atoms with Crippen LogP contribution in [0.4, 0.5) is 0 Å². The molecule has 0 amide bonds. The van der Waals surface area contributed by atoms with Gasteiger partial charge in [-0.15, -0.1) is 0 Å². The molecule has 0 spiro atoms. The summed E-state index contributed by atoms with van der Waals surface area (Å²) < 4.78 is 8.51. The smallest absolute Gasteiger partial charge is 0.131 e. The van der Waals surface area contributed by atoms with Crippen LogP contribution in [0.25, 0.3) is 0 Å². The number of nitrogens with zero attached hydrogens (tertiary/aromatic N) is 2. The first kappa shape index (κ1) is 14.4. The molecular weight excluding hydrogens is 330 g/mol. The molecule has 102 valence electrons. The molecule has 1 heterocycles. The van der Waals surface area contributed by atoms with Gasteiger partial charge in [-0.3, -0.25) is 4.68 Å². The van der Waals surface area contributed by atoms with Crippen LogP contribution < -0.4 is 10.5 Å². The first-order valence-corrected chi connectivity index (χ1v) is 6.99. The summed E-state index contributed by atoms with van der Waals surface area (Å²) >= 11 is 9.60. The molecule has 19 heavy (non-hydrogen) atoms. The molecule has 2 N–H and O–H groups in total. The number of aromatic nitrogens is 2. The topological polar surface area (TPSA) is 53.1 Å². The summed E-state index contributed by atoms with van der Waals surface area (Å²) in [6.45, 7) is 2.66. The molecule has 6 heteroatoms. The maximum Gasteiger partial charge on any atom is 0.131 e. The summed E-state index contributed by atoms with van der Waals surface area (Å²) in [5.41, 5.74) is 8.31. The maximum absolute atomic E-state index is 6.18. The van der Waals surface area contributed by atoms with E-state index in [9.17, 15) is 0 Å². The minimum absolute atomic E-state index is 0.366. The molecule has 0 bridgehead atoms. The van der Waals surface area contributed by atoms with Crippen LogP contribution in [-0.4, -0.2) is 9.78 Å². The number of halogens is 2. The molecule has 4 nitrogen and oxygen atoms in total. The highest BCUT2D eigenvalue weighted by Gasteiger charge is 2.12. The zero-order valence-corrected chi connectivity index (χ0v) is 13.1. The first-order valence-electron chi connectivity index (χ1n) is 5.82. The van der Waals surface area contributed by atoms with Crippen LogP contribution in [0, 0.1) is 6.92 Å². The Morgan fingerprint density at radius 2 is 2.21 bits per heavy atom. The standard InChI is InChI=1S/C13H15BrClN3O/c1-8-13(15)11(18(2)17-8)7-19-12-4-3-10(14)5-9(12)6-16/h3-5H,6-7,16H2,1-2H3. The van der Waals surface area contributed by atoms with E-state index in [0.29, 0.717) is 18.2 Å². The number of benzene rings is 1. The SMILES string of the molecule is Cc1nn(C)c(COc2ccc(Br)cc2CN)c1Cl. The van der Waals surface area contributed by atoms with Gasteiger partial charge in [0, 0.05) is 23.6 Å². The minimum atomic E-state index is 0.366. The third-order valence-electron chi connectivity index (χ3n) is 2.87. The van der Waals surface area contributed by atoms with E-state index in [0.717, 1.165) is 27.2 Å². The largest absolute Gasteiger partial charge is 0.487 e. The van der Waals surface area contributed by atoms with E-state index in [1.165, 1.54) is 0 Å². The average molecular weight is 345 g/mol. The van der Waals surface area contributed by atoms with Crippen molar-refractivity contribution in [3.63, 3.8) is 0 Å². The number of hydrogen-bond acceptors (Lipinski definition) is 3. The summed E-state index contributed by atoms with van der Waals surface area (Å²) in [6.07, 6.45) is 0. The molecule has 0 fully saturated rings. The Morgan fingerprint density at radius 1 is 1.47 bits per heavy atom. The van der Waals surface area contributed by atoms with Crippen molar-refractivity contribution < 1.29 is 4.74 Å². The Hall–Kier alpha value is -1.04. The Morgan fingerprint density at radius 3 is 2.79 bits per heavy atom. The Kier molecular flexibility index (Phi) is 4.50. The molecule has 0 atom stereocenters. The molecule has 0 aliphatic rings. The van der Waals surface area contributed by atoms with Crippen LogP contribution in [0.1, 0.15) is 17.0 Å². The predicted octanol–water partition coefficient (Wildman–Crippen LogP) is 3.18. The van der Waals surface area contributed by atoms with E-state index in [1.807, 2.05) is 32.2 Å². The van der Waals surface area contributed by atoms with Crippen LogP contribution in [0.5, 0.6) is 5.75 Å². The third kappa shape index (κ3) is 3.11. The van der Waals surface area contributed by atoms with E-state index < -0.39 is 0 Å². The van der Waals surface area contributed by atoms with Gasteiger partial charge in [0.1, 0.15) is 12.4 Å². The Labute approximate surface area is 125 Å². The Bertz CT molecular complexity index is 598. The summed E-state index contributed by atoms with van der Waals surface area (Å²) in [6, 6.07) is 5.76. The quantitative estimate of drug-likeness (QED) is 0.927. The fourth-order valence-corrected chi connectivity index (χ4v) is 2.45. The van der Waals surface area contributed by atoms with Crippen molar-refractivity contribution in [2.75, 3.05) is 0 Å². The summed E-state index contributed by atoms with van der Waals surface area (Å²) in [5, 5.41) is 4.90. The van der Waals surface area contributed by atoms with Gasteiger partial charge in [0.2, 0.25) is 0 Å². The molecule has 0 aliphatic heterocycles. The van der Waals surface area contributed by atoms with Crippen molar-refractivity contribution in [1.82, 2.24) is 9.78 Å². The lowest BCUT2D eigenvalue weighted by Gasteiger charge is -2.11. The highest BCUT2D eigenvalue weighted by Crippen LogP contribution is 2.25. The van der Waals surface area contributed by atoms with Gasteiger partial charge in [0.15, 0.2) is 0 Å². The monoisotopic (exact) mass is 343 g/mol. The lowest BCUT2D eigenvalue weighted by molar-refractivity contribution is 0.292. The predicted molar refractivity (Wildman–Crippen MR) is 79.3 cm³/mol. The van der Waals surface area contributed by atoms with Crippen molar-refractivity contribution in [2.24, 2.45) is 12.8 Å². The minimum Gasteiger partial charge on any atom is -0.487 e. The molecule has 0 aliphatic carbocycles. The average Bonchev–Trinajstić information content (AvgIpc) is 2.62. The van der Waals surface area contributed by atoms with Gasteiger partial charge >= 0.3 is 0 Å². The highest BCUT2D eigenvalue weighted by atomic mass is 79.9. The van der Waals surface area contributed by atoms with Gasteiger partial charge in [-0.1, -0.05) is 27.5 Å². The lowest BCUT2D eigenvalue weighted by atomic mass is 10.2. The summed E-state index contributed by atoms with van der Waals surface area (Å²) in [7, 11) is 1.85. The molecule has 1 aromatic heterocycles. The number of nitrogens with two attached hydrogens (primary N) is 1. The summed E-state index contributed by atoms with van der Waals surface area (Å²) in [5.74, 6) is 0.764. The number of ether oxygens (including phenoxy) is 1. The molecule has 0 saturated heterocycles. The van der Waals surface area contributed by atoms with Crippen molar-refractivity contribution in [3.05, 3.63) is 44.6 Å². The zero-order chi connectivity index (χ0) is 14.0. The van der Waals surface area contributed by atoms with Crippen molar-refractivity contribution in [3.8, 4) is 5.75 Å². The van der Waals surface area contributed by atoms with Crippen molar-refractivity contribution in [2.45, 2.75) is 20.1 Å². The van der Waals surface area contributed by atoms with Crippen LogP contribution in [0.2, 0.25) is 5.02 Å². The first-order chi connectivity index (χ1) is 9.02. The number of aryl methyl sites for hydroxylation is 2. The van der Waals surface area contributed by atoms with Crippen molar-refractivity contribution in [1.29, 1.82) is 0 Å². The van der Waals surface area contributed by atoms with Crippen LogP contribution in [-0.2, 0) is 20.2 Å². The van der Waals surface area contributed by atoms with E-state index in [-0.39, 0.29) is 0 Å². The van der Waals surface area contributed by atoms with E-state index >= 15 is 0 Å². The second kappa shape index (κ2) is 5.94. The second-order valence-corrected chi connectivity index (χ2v) is 5.51. The molecule has 2 rings (SSSR count). The normalized spacial score (nSPS) is 10.8. The van der Waals surface area contributed by atoms with E-state index in [4.69, 9.17) is 22.1 Å². The third-order valence-corrected chi connectivity index (χ3v) is 3.85. The van der Waals surface area contributed by atoms with E-state index in [2.05, 4.69) is 21.0 Å². The zero-order valence-electron chi connectivity index (χ0n) is 10.8. The molecular formula is C13H15BrClN3O. The molecule has 0 radical (unpaired) electrons. The van der Waals surface area contributed by atoms with Gasteiger partial charge in [0.25, 0.3) is 0 Å². The van der Waals surface area contributed by atoms with Crippen LogP contribution >= 0.6 is 27.5 Å². The number of rotatable bonds is 4. The van der Waals surface area contributed by atoms with Gasteiger partial charge in [0.05, 0.1) is 16.4 Å². The number of hydrogen-bond donors (Lipinski definition) is 1. The summed E-state index contributed by atoms with van der Waals surface area (Å²) in [4.78, 5) is 0. The Balaban J connectivity index is 2.19. The van der Waals surface area contributed by atoms with Crippen molar-refractivity contribution >= 4 is 27.5 Å². The van der Waals surface area contributed by atoms with Gasteiger partial charge in [-0.05, 0) is 25.1 Å². The fraction of sp³-hybridized carbons (Fsp3) is 0.308. The fourth-order valence-electron chi connectivity index (χ4n) is 1.83. The van der Waals surface area contributed by atoms with Gasteiger partial charge in [-0.2, -0.15) is 5.10 Å². The van der Waals surface area contributed by atoms with E-state index in [1.54, 1.807) is 4.68 Å².